The monoisotopic (exact) mass is 404 g/mol. The zero-order chi connectivity index (χ0) is 21.2. The maximum atomic E-state index is 13.7. The summed E-state index contributed by atoms with van der Waals surface area (Å²) < 4.78 is 28.7. The number of hydrogen-bond acceptors (Lipinski definition) is 4. The number of aromatic nitrogens is 3. The highest BCUT2D eigenvalue weighted by Gasteiger charge is 2.40. The van der Waals surface area contributed by atoms with E-state index >= 15 is 0 Å². The minimum Gasteiger partial charge on any atom is -0.268 e. The Labute approximate surface area is 169 Å². The van der Waals surface area contributed by atoms with E-state index in [9.17, 15) is 18.4 Å². The van der Waals surface area contributed by atoms with E-state index in [1.54, 1.807) is 19.1 Å². The van der Waals surface area contributed by atoms with Crippen LogP contribution in [0, 0.1) is 25.5 Å². The van der Waals surface area contributed by atoms with Gasteiger partial charge >= 0.3 is 0 Å². The fraction of sp³-hybridized carbons (Fsp3) is 0.0909. The molecule has 0 fully saturated rings. The van der Waals surface area contributed by atoms with Crippen LogP contribution in [0.1, 0.15) is 32.0 Å². The number of hydrogen-bond donors (Lipinski definition) is 0. The minimum atomic E-state index is -0.760. The number of benzene rings is 2. The van der Waals surface area contributed by atoms with Gasteiger partial charge in [-0.2, -0.15) is 5.10 Å². The van der Waals surface area contributed by atoms with Gasteiger partial charge in [0.2, 0.25) is 0 Å². The van der Waals surface area contributed by atoms with Gasteiger partial charge in [-0.3, -0.25) is 9.59 Å². The van der Waals surface area contributed by atoms with Gasteiger partial charge in [-0.15, -0.1) is 0 Å². The fourth-order valence-corrected chi connectivity index (χ4v) is 3.73. The number of pyridine rings is 1. The number of halogens is 2. The van der Waals surface area contributed by atoms with Crippen molar-refractivity contribution >= 4 is 28.5 Å². The maximum Gasteiger partial charge on any atom is 0.267 e. The van der Waals surface area contributed by atoms with E-state index in [1.807, 2.05) is 19.1 Å². The van der Waals surface area contributed by atoms with Crippen molar-refractivity contribution in [2.45, 2.75) is 13.8 Å². The molecule has 2 aromatic heterocycles. The first-order chi connectivity index (χ1) is 14.3. The summed E-state index contributed by atoms with van der Waals surface area (Å²) in [5, 5.41) is 4.71. The third kappa shape index (κ3) is 2.53. The molecule has 6 nitrogen and oxygen atoms in total. The first-order valence-electron chi connectivity index (χ1n) is 9.15. The van der Waals surface area contributed by atoms with Crippen LogP contribution in [-0.4, -0.2) is 26.6 Å². The van der Waals surface area contributed by atoms with E-state index in [0.717, 1.165) is 28.7 Å². The largest absolute Gasteiger partial charge is 0.268 e. The predicted molar refractivity (Wildman–Crippen MR) is 106 cm³/mol. The summed E-state index contributed by atoms with van der Waals surface area (Å²) in [6, 6.07) is 10.0. The summed E-state index contributed by atoms with van der Waals surface area (Å²) in [7, 11) is 0. The molecule has 0 saturated carbocycles. The van der Waals surface area contributed by atoms with Crippen molar-refractivity contribution in [3.05, 3.63) is 82.7 Å². The molecular formula is C22H14F2N4O2. The molecule has 3 heterocycles. The Morgan fingerprint density at radius 1 is 0.867 bits per heavy atom. The Morgan fingerprint density at radius 2 is 1.53 bits per heavy atom. The van der Waals surface area contributed by atoms with E-state index in [1.165, 1.54) is 10.9 Å². The quantitative estimate of drug-likeness (QED) is 0.472. The van der Waals surface area contributed by atoms with E-state index in [-0.39, 0.29) is 22.5 Å². The number of fused-ring (bicyclic) bond motifs is 3. The highest BCUT2D eigenvalue weighted by molar-refractivity contribution is 6.37. The predicted octanol–water partition coefficient (Wildman–Crippen LogP) is 4.12. The van der Waals surface area contributed by atoms with Crippen molar-refractivity contribution in [1.82, 2.24) is 14.8 Å². The lowest BCUT2D eigenvalue weighted by atomic mass is 10.1. The zero-order valence-corrected chi connectivity index (χ0v) is 16.0. The third-order valence-corrected chi connectivity index (χ3v) is 5.11. The molecule has 0 bridgehead atoms. The molecule has 30 heavy (non-hydrogen) atoms. The molecule has 0 atom stereocenters. The summed E-state index contributed by atoms with van der Waals surface area (Å²) in [4.78, 5) is 31.6. The molecule has 0 saturated heterocycles. The minimum absolute atomic E-state index is 0.130. The molecule has 2 amide bonds. The second-order valence-corrected chi connectivity index (χ2v) is 7.15. The summed E-state index contributed by atoms with van der Waals surface area (Å²) in [6.45, 7) is 3.56. The molecule has 0 N–H and O–H groups in total. The van der Waals surface area contributed by atoms with Crippen LogP contribution in [0.25, 0.3) is 16.7 Å². The van der Waals surface area contributed by atoms with E-state index < -0.39 is 23.4 Å². The molecule has 1 aliphatic heterocycles. The number of anilines is 1. The first-order valence-corrected chi connectivity index (χ1v) is 9.15. The Hall–Kier alpha value is -3.94. The Morgan fingerprint density at radius 3 is 2.20 bits per heavy atom. The molecule has 8 heteroatoms. The number of carbonyl (C=O) groups is 2. The van der Waals surface area contributed by atoms with Gasteiger partial charge in [0.15, 0.2) is 5.65 Å². The molecule has 0 aliphatic carbocycles. The Bertz CT molecular complexity index is 1360. The van der Waals surface area contributed by atoms with E-state index in [0.29, 0.717) is 16.8 Å². The second kappa shape index (κ2) is 6.28. The lowest BCUT2D eigenvalue weighted by molar-refractivity contribution is 0.0926. The topological polar surface area (TPSA) is 68.1 Å². The van der Waals surface area contributed by atoms with Crippen molar-refractivity contribution in [2.24, 2.45) is 0 Å². The Balaban J connectivity index is 1.72. The molecule has 2 aromatic carbocycles. The number of carbonyl (C=O) groups excluding carboxylic acids is 2. The van der Waals surface area contributed by atoms with Gasteiger partial charge in [-0.05, 0) is 38.1 Å². The SMILES string of the molecule is Cc1ccc(N2C(=O)c3cnc4c(c(C)nn4-c4cc(F)cc(F)c4)c3C2=O)cc1. The Kier molecular flexibility index (Phi) is 3.79. The van der Waals surface area contributed by atoms with Gasteiger partial charge in [0.1, 0.15) is 11.6 Å². The molecule has 0 radical (unpaired) electrons. The molecule has 1 aliphatic rings. The van der Waals surface area contributed by atoms with Gasteiger partial charge in [0.25, 0.3) is 11.8 Å². The summed E-state index contributed by atoms with van der Waals surface area (Å²) in [5.41, 5.74) is 2.60. The average molecular weight is 404 g/mol. The van der Waals surface area contributed by atoms with Crippen LogP contribution in [0.3, 0.4) is 0 Å². The molecule has 0 spiro atoms. The summed E-state index contributed by atoms with van der Waals surface area (Å²) in [5.74, 6) is -2.48. The number of aryl methyl sites for hydroxylation is 2. The van der Waals surface area contributed by atoms with Crippen molar-refractivity contribution in [3.8, 4) is 5.69 Å². The summed E-state index contributed by atoms with van der Waals surface area (Å²) in [6.07, 6.45) is 1.30. The molecule has 0 unspecified atom stereocenters. The molecule has 4 aromatic rings. The summed E-state index contributed by atoms with van der Waals surface area (Å²) >= 11 is 0. The number of amides is 2. The van der Waals surface area contributed by atoms with Crippen molar-refractivity contribution in [1.29, 1.82) is 0 Å². The van der Waals surface area contributed by atoms with Crippen LogP contribution < -0.4 is 4.90 Å². The molecule has 5 rings (SSSR count). The third-order valence-electron chi connectivity index (χ3n) is 5.11. The number of nitrogens with zero attached hydrogens (tertiary/aromatic N) is 4. The number of rotatable bonds is 2. The highest BCUT2D eigenvalue weighted by atomic mass is 19.1. The second-order valence-electron chi connectivity index (χ2n) is 7.15. The van der Waals surface area contributed by atoms with E-state index in [2.05, 4.69) is 10.1 Å². The normalized spacial score (nSPS) is 13.4. The highest BCUT2D eigenvalue weighted by Crippen LogP contribution is 2.34. The van der Waals surface area contributed by atoms with Gasteiger partial charge in [0.05, 0.1) is 33.6 Å². The van der Waals surface area contributed by atoms with Crippen molar-refractivity contribution < 1.29 is 18.4 Å². The van der Waals surface area contributed by atoms with Crippen LogP contribution in [0.5, 0.6) is 0 Å². The lowest BCUT2D eigenvalue weighted by Crippen LogP contribution is -2.29. The number of imide groups is 1. The van der Waals surface area contributed by atoms with Crippen LogP contribution in [0.2, 0.25) is 0 Å². The fourth-order valence-electron chi connectivity index (χ4n) is 3.73. The van der Waals surface area contributed by atoms with Crippen LogP contribution >= 0.6 is 0 Å². The van der Waals surface area contributed by atoms with Gasteiger partial charge in [-0.1, -0.05) is 17.7 Å². The van der Waals surface area contributed by atoms with Crippen LogP contribution in [-0.2, 0) is 0 Å². The van der Waals surface area contributed by atoms with Gasteiger partial charge < -0.3 is 0 Å². The van der Waals surface area contributed by atoms with Gasteiger partial charge in [0, 0.05) is 12.3 Å². The lowest BCUT2D eigenvalue weighted by Gasteiger charge is -2.13. The van der Waals surface area contributed by atoms with Crippen molar-refractivity contribution in [3.63, 3.8) is 0 Å². The average Bonchev–Trinajstić information content (AvgIpc) is 3.16. The smallest absolute Gasteiger partial charge is 0.267 e. The standard InChI is InChI=1S/C22H14F2N4O2/c1-11-3-5-15(6-4-11)27-21(29)17-10-25-20-18(19(17)22(27)30)12(2)26-28(20)16-8-13(23)7-14(24)9-16/h3-10H,1-2H3. The maximum absolute atomic E-state index is 13.7. The van der Waals surface area contributed by atoms with E-state index in [4.69, 9.17) is 0 Å². The van der Waals surface area contributed by atoms with Gasteiger partial charge in [-0.25, -0.2) is 23.3 Å². The zero-order valence-electron chi connectivity index (χ0n) is 16.0. The molecule has 148 valence electrons. The first kappa shape index (κ1) is 18.1. The van der Waals surface area contributed by atoms with Crippen molar-refractivity contribution in [2.75, 3.05) is 4.90 Å². The van der Waals surface area contributed by atoms with Crippen LogP contribution in [0.4, 0.5) is 14.5 Å². The molecular weight excluding hydrogens is 390 g/mol. The van der Waals surface area contributed by atoms with Crippen LogP contribution in [0.15, 0.2) is 48.7 Å².